The number of rotatable bonds is 7. The Kier molecular flexibility index (Phi) is 8.11. The third-order valence-electron chi connectivity index (χ3n) is 9.35. The summed E-state index contributed by atoms with van der Waals surface area (Å²) >= 11 is 0. The van der Waals surface area contributed by atoms with E-state index in [1.807, 2.05) is 7.05 Å². The Bertz CT molecular complexity index is 2360. The van der Waals surface area contributed by atoms with Crippen molar-refractivity contribution in [1.82, 2.24) is 24.4 Å². The van der Waals surface area contributed by atoms with Crippen LogP contribution in [0.25, 0.3) is 44.1 Å². The van der Waals surface area contributed by atoms with Gasteiger partial charge in [-0.1, -0.05) is 0 Å². The lowest BCUT2D eigenvalue weighted by molar-refractivity contribution is 0.0439. The third kappa shape index (κ3) is 5.54. The lowest BCUT2D eigenvalue weighted by atomic mass is 9.99. The number of likely N-dealkylation sites (tertiary alicyclic amines) is 1. The maximum atomic E-state index is 16.1. The van der Waals surface area contributed by atoms with Gasteiger partial charge in [-0.15, -0.1) is 0 Å². The number of aromatic amines is 1. The van der Waals surface area contributed by atoms with Gasteiger partial charge < -0.3 is 39.0 Å². The number of H-pyrrole nitrogens is 1. The molecule has 2 aliphatic rings. The molecule has 0 bridgehead atoms. The Labute approximate surface area is 280 Å². The van der Waals surface area contributed by atoms with Crippen molar-refractivity contribution in [3.63, 3.8) is 0 Å². The Hall–Kier alpha value is -5.00. The quantitative estimate of drug-likeness (QED) is 0.141. The molecule has 1 aromatic carbocycles. The number of carbonyl (C=O) groups is 2. The van der Waals surface area contributed by atoms with Crippen LogP contribution in [0.5, 0.6) is 0 Å². The van der Waals surface area contributed by atoms with E-state index in [4.69, 9.17) is 14.5 Å². The first-order valence-electron chi connectivity index (χ1n) is 15.3. The number of amides is 1. The summed E-state index contributed by atoms with van der Waals surface area (Å²) in [6.07, 6.45) is 3.84. The highest BCUT2D eigenvalue weighted by Gasteiger charge is 2.42. The number of aromatic carboxylic acids is 1. The molecule has 2 fully saturated rings. The van der Waals surface area contributed by atoms with Crippen LogP contribution in [0.4, 0.5) is 25.0 Å². The SMILES string of the molecule is CN1C[C@H]2CCN(c3c(-c4cnc5c(c4)c(=O)c(C(=O)O)cn5C)cnc4[nH]c5c(N(C)C(=O)OCOP(=O)(O)O)cc(F)c(F)c5c34)[C@H]2C1. The van der Waals surface area contributed by atoms with Crippen LogP contribution < -0.4 is 15.2 Å². The molecule has 16 nitrogen and oxygen atoms in total. The van der Waals surface area contributed by atoms with E-state index in [1.165, 1.54) is 36.3 Å². The number of carboxylic acids is 1. The Balaban J connectivity index is 1.47. The molecule has 0 unspecified atom stereocenters. The number of carboxylic acid groups (broad SMARTS) is 1. The van der Waals surface area contributed by atoms with E-state index in [2.05, 4.69) is 29.3 Å². The number of nitrogens with one attached hydrogen (secondary N) is 1. The van der Waals surface area contributed by atoms with Crippen LogP contribution in [-0.4, -0.2) is 97.9 Å². The molecule has 19 heteroatoms. The highest BCUT2D eigenvalue weighted by Crippen LogP contribution is 2.47. The number of anilines is 2. The second-order valence-electron chi connectivity index (χ2n) is 12.4. The normalized spacial score (nSPS) is 18.0. The van der Waals surface area contributed by atoms with Crippen LogP contribution in [0.3, 0.4) is 0 Å². The van der Waals surface area contributed by atoms with Crippen LogP contribution >= 0.6 is 7.82 Å². The molecule has 4 aromatic heterocycles. The third-order valence-corrected chi connectivity index (χ3v) is 9.80. The fourth-order valence-electron chi connectivity index (χ4n) is 7.15. The Morgan fingerprint density at radius 1 is 1.14 bits per heavy atom. The minimum atomic E-state index is -4.96. The first kappa shape index (κ1) is 33.5. The zero-order valence-corrected chi connectivity index (χ0v) is 27.6. The van der Waals surface area contributed by atoms with E-state index in [0.717, 1.165) is 23.9 Å². The summed E-state index contributed by atoms with van der Waals surface area (Å²) in [4.78, 5) is 72.9. The first-order valence-corrected chi connectivity index (χ1v) is 16.8. The van der Waals surface area contributed by atoms with Crippen LogP contribution in [-0.2, 0) is 20.9 Å². The number of ether oxygens (including phenoxy) is 1. The molecule has 0 aliphatic carbocycles. The Morgan fingerprint density at radius 3 is 2.62 bits per heavy atom. The van der Waals surface area contributed by atoms with Gasteiger partial charge in [-0.2, -0.15) is 0 Å². The fourth-order valence-corrected chi connectivity index (χ4v) is 7.34. The van der Waals surface area contributed by atoms with Gasteiger partial charge in [0.2, 0.25) is 12.2 Å². The van der Waals surface area contributed by atoms with Gasteiger partial charge in [-0.3, -0.25) is 9.69 Å². The van der Waals surface area contributed by atoms with Crippen molar-refractivity contribution in [3.8, 4) is 11.1 Å². The van der Waals surface area contributed by atoms with Gasteiger partial charge in [-0.25, -0.2) is 37.4 Å². The summed E-state index contributed by atoms with van der Waals surface area (Å²) in [5.74, 6) is -3.65. The van der Waals surface area contributed by atoms with E-state index in [9.17, 15) is 24.1 Å². The van der Waals surface area contributed by atoms with Gasteiger partial charge in [0.15, 0.2) is 11.6 Å². The van der Waals surface area contributed by atoms with Crippen molar-refractivity contribution in [2.75, 3.05) is 50.3 Å². The van der Waals surface area contributed by atoms with E-state index in [0.29, 0.717) is 29.9 Å². The summed E-state index contributed by atoms with van der Waals surface area (Å²) < 4.78 is 53.0. The average molecular weight is 714 g/mol. The number of aromatic nitrogens is 4. The van der Waals surface area contributed by atoms with Crippen LogP contribution in [0.15, 0.2) is 35.5 Å². The fraction of sp³-hybridized carbons (Fsp3) is 0.323. The van der Waals surface area contributed by atoms with E-state index in [1.54, 1.807) is 7.05 Å². The molecule has 2 saturated heterocycles. The van der Waals surface area contributed by atoms with Crippen LogP contribution in [0.1, 0.15) is 16.8 Å². The van der Waals surface area contributed by atoms with Crippen molar-refractivity contribution >= 4 is 64.2 Å². The number of phosphoric acid groups is 1. The molecule has 6 heterocycles. The molecule has 2 aliphatic heterocycles. The predicted molar refractivity (Wildman–Crippen MR) is 176 cm³/mol. The number of fused-ring (bicyclic) bond motifs is 5. The largest absolute Gasteiger partial charge is 0.477 e. The molecule has 0 spiro atoms. The lowest BCUT2D eigenvalue weighted by Crippen LogP contribution is -2.35. The second kappa shape index (κ2) is 12.1. The summed E-state index contributed by atoms with van der Waals surface area (Å²) in [7, 11) is -0.196. The highest BCUT2D eigenvalue weighted by molar-refractivity contribution is 7.46. The van der Waals surface area contributed by atoms with E-state index < -0.39 is 49.3 Å². The van der Waals surface area contributed by atoms with E-state index >= 15 is 8.78 Å². The number of halogens is 2. The van der Waals surface area contributed by atoms with Gasteiger partial charge in [-0.05, 0) is 25.5 Å². The number of aryl methyl sites for hydroxylation is 1. The summed E-state index contributed by atoms with van der Waals surface area (Å²) in [6.45, 7) is 0.965. The zero-order valence-electron chi connectivity index (χ0n) is 26.8. The van der Waals surface area contributed by atoms with E-state index in [-0.39, 0.29) is 50.6 Å². The molecule has 7 rings (SSSR count). The number of carbonyl (C=O) groups excluding carboxylic acids is 1. The number of hydrogen-bond acceptors (Lipinski definition) is 10. The van der Waals surface area contributed by atoms with Gasteiger partial charge in [0.1, 0.15) is 16.9 Å². The van der Waals surface area contributed by atoms with Crippen molar-refractivity contribution in [3.05, 3.63) is 58.1 Å². The van der Waals surface area contributed by atoms with Crippen LogP contribution in [0, 0.1) is 17.6 Å². The predicted octanol–water partition coefficient (Wildman–Crippen LogP) is 3.39. The smallest absolute Gasteiger partial charge is 0.472 e. The number of phosphoric ester groups is 1. The number of hydrogen-bond donors (Lipinski definition) is 4. The summed E-state index contributed by atoms with van der Waals surface area (Å²) in [6, 6.07) is 2.27. The van der Waals surface area contributed by atoms with Crippen molar-refractivity contribution in [2.24, 2.45) is 13.0 Å². The van der Waals surface area contributed by atoms with Crippen molar-refractivity contribution < 1.29 is 47.1 Å². The van der Waals surface area contributed by atoms with Gasteiger partial charge >= 0.3 is 19.9 Å². The molecule has 0 radical (unpaired) electrons. The summed E-state index contributed by atoms with van der Waals surface area (Å²) in [5, 5.41) is 9.67. The molecule has 4 N–H and O–H groups in total. The van der Waals surface area contributed by atoms with Crippen molar-refractivity contribution in [2.45, 2.75) is 12.5 Å². The highest BCUT2D eigenvalue weighted by atomic mass is 31.2. The summed E-state index contributed by atoms with van der Waals surface area (Å²) in [5.41, 5.74) is 0.326. The minimum absolute atomic E-state index is 0.0167. The second-order valence-corrected chi connectivity index (χ2v) is 13.7. The van der Waals surface area contributed by atoms with Crippen molar-refractivity contribution in [1.29, 1.82) is 0 Å². The van der Waals surface area contributed by atoms with Gasteiger partial charge in [0.25, 0.3) is 0 Å². The number of likely N-dealkylation sites (N-methyl/N-ethyl adjacent to an activating group) is 1. The van der Waals surface area contributed by atoms with Gasteiger partial charge in [0, 0.05) is 75.6 Å². The number of benzene rings is 1. The first-order chi connectivity index (χ1) is 23.6. The van der Waals surface area contributed by atoms with Gasteiger partial charge in [0.05, 0.1) is 33.1 Å². The molecule has 0 saturated carbocycles. The molecular weight excluding hydrogens is 683 g/mol. The minimum Gasteiger partial charge on any atom is -0.477 e. The Morgan fingerprint density at radius 2 is 1.90 bits per heavy atom. The zero-order chi connectivity index (χ0) is 35.8. The number of pyridine rings is 3. The molecule has 5 aromatic rings. The van der Waals surface area contributed by atoms with Crippen LogP contribution in [0.2, 0.25) is 0 Å². The molecule has 1 amide bonds. The maximum Gasteiger partial charge on any atom is 0.472 e. The standard InChI is InChI=1S/C31H30F2N7O9P/c1-37-10-14-4-5-40(21(14)12-37)26-17(15-6-16-27(41)18(30(42)43)11-38(2)29(16)35-8-15)9-34-28-23(26)22-24(33)19(32)7-20(25(22)36-28)39(3)31(44)48-13-49-50(45,46)47/h6-9,11,14,21H,4-5,10,12-13H2,1-3H3,(H,34,36)(H,42,43)(H2,45,46,47)/t14-,21+/m1/s1. The average Bonchev–Trinajstić information content (AvgIpc) is 3.75. The monoisotopic (exact) mass is 713 g/mol. The molecule has 50 heavy (non-hydrogen) atoms. The molecular formula is C31H30F2N7O9P. The number of nitrogens with zero attached hydrogens (tertiary/aromatic N) is 6. The molecule has 262 valence electrons. The maximum absolute atomic E-state index is 16.1. The lowest BCUT2D eigenvalue weighted by Gasteiger charge is -2.29. The molecule has 2 atom stereocenters. The topological polar surface area (TPSA) is 204 Å².